The van der Waals surface area contributed by atoms with Gasteiger partial charge in [0.2, 0.25) is 5.88 Å². The summed E-state index contributed by atoms with van der Waals surface area (Å²) in [4.78, 5) is 25.5. The number of benzene rings is 3. The number of hydrogen-bond acceptors (Lipinski definition) is 5. The number of nitrogens with zero attached hydrogens (tertiary/aromatic N) is 5. The molecular weight excluding hydrogens is 576 g/mol. The van der Waals surface area contributed by atoms with Gasteiger partial charge in [-0.3, -0.25) is 0 Å². The van der Waals surface area contributed by atoms with Gasteiger partial charge in [-0.25, -0.2) is 28.5 Å². The van der Waals surface area contributed by atoms with Crippen molar-refractivity contribution in [1.29, 1.82) is 0 Å². The van der Waals surface area contributed by atoms with Crippen LogP contribution in [0, 0.1) is 25.5 Å². The van der Waals surface area contributed by atoms with Crippen LogP contribution < -0.4 is 4.74 Å². The highest BCUT2D eigenvalue weighted by molar-refractivity contribution is 5.92. The summed E-state index contributed by atoms with van der Waals surface area (Å²) in [6.45, 7) is 6.92. The Balaban J connectivity index is 1.28. The Morgan fingerprint density at radius 3 is 2.47 bits per heavy atom. The third-order valence-corrected chi connectivity index (χ3v) is 7.85. The molecule has 0 aliphatic carbocycles. The Hall–Kier alpha value is -5.38. The van der Waals surface area contributed by atoms with Crippen molar-refractivity contribution in [2.45, 2.75) is 46.9 Å². The lowest BCUT2D eigenvalue weighted by Gasteiger charge is -2.13. The van der Waals surface area contributed by atoms with Crippen molar-refractivity contribution in [2.75, 3.05) is 0 Å². The smallest absolute Gasteiger partial charge is 0.335 e. The summed E-state index contributed by atoms with van der Waals surface area (Å²) in [6.07, 6.45) is 1.98. The summed E-state index contributed by atoms with van der Waals surface area (Å²) in [7, 11) is 0. The largest absolute Gasteiger partial charge is 0.478 e. The van der Waals surface area contributed by atoms with Crippen molar-refractivity contribution in [3.8, 4) is 17.1 Å². The number of carboxylic acids is 1. The molecule has 3 aromatic carbocycles. The van der Waals surface area contributed by atoms with Gasteiger partial charge >= 0.3 is 5.97 Å². The molecule has 0 radical (unpaired) electrons. The number of carbonyl (C=O) groups is 1. The highest BCUT2D eigenvalue weighted by Crippen LogP contribution is 2.27. The average Bonchev–Trinajstić information content (AvgIpc) is 3.56. The van der Waals surface area contributed by atoms with E-state index >= 15 is 4.39 Å². The van der Waals surface area contributed by atoms with Crippen LogP contribution in [0.3, 0.4) is 0 Å². The van der Waals surface area contributed by atoms with E-state index in [1.165, 1.54) is 18.2 Å². The Bertz CT molecular complexity index is 2050. The van der Waals surface area contributed by atoms with Crippen LogP contribution in [0.1, 0.15) is 51.3 Å². The van der Waals surface area contributed by atoms with Crippen molar-refractivity contribution < 1.29 is 23.4 Å². The predicted octanol–water partition coefficient (Wildman–Crippen LogP) is 7.13. The summed E-state index contributed by atoms with van der Waals surface area (Å²) in [6, 6.07) is 19.8. The Labute approximate surface area is 258 Å². The number of fused-ring (bicyclic) bond motifs is 1. The Morgan fingerprint density at radius 1 is 0.911 bits per heavy atom. The molecule has 3 heterocycles. The maximum atomic E-state index is 15.6. The number of rotatable bonds is 10. The lowest BCUT2D eigenvalue weighted by Crippen LogP contribution is -2.11. The first-order valence-electron chi connectivity index (χ1n) is 14.6. The molecule has 10 heteroatoms. The molecule has 0 bridgehead atoms. The predicted molar refractivity (Wildman–Crippen MR) is 166 cm³/mol. The summed E-state index contributed by atoms with van der Waals surface area (Å²) < 4.78 is 39.6. The van der Waals surface area contributed by atoms with Crippen LogP contribution in [0.15, 0.2) is 79.0 Å². The van der Waals surface area contributed by atoms with E-state index in [1.807, 2.05) is 31.4 Å². The van der Waals surface area contributed by atoms with Gasteiger partial charge in [-0.2, -0.15) is 0 Å². The molecule has 0 atom stereocenters. The fourth-order valence-electron chi connectivity index (χ4n) is 5.45. The molecule has 0 unspecified atom stereocenters. The normalized spacial score (nSPS) is 11.3. The van der Waals surface area contributed by atoms with E-state index in [2.05, 4.69) is 14.5 Å². The third kappa shape index (κ3) is 6.17. The summed E-state index contributed by atoms with van der Waals surface area (Å²) in [5, 5.41) is 9.61. The monoisotopic (exact) mass is 607 g/mol. The van der Waals surface area contributed by atoms with Gasteiger partial charge in [0.25, 0.3) is 0 Å². The molecule has 0 aliphatic rings. The summed E-state index contributed by atoms with van der Waals surface area (Å²) in [5.41, 5.74) is 5.10. The molecule has 0 saturated heterocycles. The van der Waals surface area contributed by atoms with Gasteiger partial charge in [0, 0.05) is 30.2 Å². The SMILES string of the molecule is CCn1c(Cn2c(Cc3ccc(-c4cccc(OCc5ccc(C)cc5F)n4)cc3F)nc3ccc(C(=O)O)cc32)cnc1C. The van der Waals surface area contributed by atoms with E-state index in [0.29, 0.717) is 51.7 Å². The van der Waals surface area contributed by atoms with E-state index in [1.54, 1.807) is 54.7 Å². The van der Waals surface area contributed by atoms with Gasteiger partial charge in [0.05, 0.1) is 40.7 Å². The number of hydrogen-bond donors (Lipinski definition) is 1. The molecule has 0 saturated carbocycles. The van der Waals surface area contributed by atoms with Crippen LogP contribution in [0.2, 0.25) is 0 Å². The molecule has 6 aromatic rings. The fourth-order valence-corrected chi connectivity index (χ4v) is 5.45. The quantitative estimate of drug-likeness (QED) is 0.178. The summed E-state index contributed by atoms with van der Waals surface area (Å²) in [5.74, 6) is -0.0395. The van der Waals surface area contributed by atoms with E-state index in [0.717, 1.165) is 23.6 Å². The maximum absolute atomic E-state index is 15.6. The number of pyridine rings is 1. The zero-order valence-electron chi connectivity index (χ0n) is 25.1. The molecule has 0 aliphatic heterocycles. The highest BCUT2D eigenvalue weighted by Gasteiger charge is 2.18. The van der Waals surface area contributed by atoms with Crippen LogP contribution in [-0.4, -0.2) is 35.2 Å². The first-order valence-corrected chi connectivity index (χ1v) is 14.6. The van der Waals surface area contributed by atoms with Gasteiger partial charge < -0.3 is 19.0 Å². The molecule has 3 aromatic heterocycles. The highest BCUT2D eigenvalue weighted by atomic mass is 19.1. The number of aromatic carboxylic acids is 1. The van der Waals surface area contributed by atoms with Gasteiger partial charge in [0.1, 0.15) is 29.9 Å². The van der Waals surface area contributed by atoms with Gasteiger partial charge in [-0.05, 0) is 68.3 Å². The summed E-state index contributed by atoms with van der Waals surface area (Å²) >= 11 is 0. The van der Waals surface area contributed by atoms with E-state index in [9.17, 15) is 14.3 Å². The van der Waals surface area contributed by atoms with Crippen LogP contribution in [0.25, 0.3) is 22.3 Å². The van der Waals surface area contributed by atoms with E-state index in [4.69, 9.17) is 9.72 Å². The van der Waals surface area contributed by atoms with Crippen molar-refractivity contribution in [2.24, 2.45) is 0 Å². The molecule has 0 amide bonds. The van der Waals surface area contributed by atoms with Gasteiger partial charge in [-0.15, -0.1) is 0 Å². The minimum absolute atomic E-state index is 0.0173. The molecular formula is C35H31F2N5O3. The van der Waals surface area contributed by atoms with Crippen molar-refractivity contribution in [3.63, 3.8) is 0 Å². The Kier molecular flexibility index (Phi) is 8.12. The average molecular weight is 608 g/mol. The van der Waals surface area contributed by atoms with Crippen LogP contribution >= 0.6 is 0 Å². The minimum Gasteiger partial charge on any atom is -0.478 e. The van der Waals surface area contributed by atoms with Crippen LogP contribution in [-0.2, 0) is 26.1 Å². The maximum Gasteiger partial charge on any atom is 0.335 e. The molecule has 1 N–H and O–H groups in total. The van der Waals surface area contributed by atoms with Crippen LogP contribution in [0.5, 0.6) is 5.88 Å². The third-order valence-electron chi connectivity index (χ3n) is 7.85. The van der Waals surface area contributed by atoms with E-state index < -0.39 is 11.8 Å². The number of aromatic nitrogens is 5. The molecule has 0 spiro atoms. The molecule has 6 rings (SSSR count). The second-order valence-electron chi connectivity index (χ2n) is 10.9. The standard InChI is InChI=1S/C35H31F2N5O3/c1-4-41-22(3)38-18-27(41)19-42-32-16-25(35(43)44)12-13-31(32)39-33(42)17-23-10-11-24(15-29(23)37)30-6-5-7-34(40-30)45-20-26-9-8-21(2)14-28(26)36/h5-16,18H,4,17,19-20H2,1-3H3,(H,43,44). The molecule has 228 valence electrons. The number of carboxylic acid groups (broad SMARTS) is 1. The number of imidazole rings is 2. The van der Waals surface area contributed by atoms with Crippen molar-refractivity contribution in [3.05, 3.63) is 130 Å². The zero-order valence-corrected chi connectivity index (χ0v) is 25.1. The van der Waals surface area contributed by atoms with E-state index in [-0.39, 0.29) is 24.4 Å². The van der Waals surface area contributed by atoms with Crippen LogP contribution in [0.4, 0.5) is 8.78 Å². The molecule has 8 nitrogen and oxygen atoms in total. The number of ether oxygens (including phenoxy) is 1. The Morgan fingerprint density at radius 2 is 1.71 bits per heavy atom. The molecule has 45 heavy (non-hydrogen) atoms. The number of aryl methyl sites for hydroxylation is 2. The van der Waals surface area contributed by atoms with Crippen molar-refractivity contribution in [1.82, 2.24) is 24.1 Å². The zero-order chi connectivity index (χ0) is 31.7. The van der Waals surface area contributed by atoms with Crippen molar-refractivity contribution >= 4 is 17.0 Å². The van der Waals surface area contributed by atoms with Gasteiger partial charge in [0.15, 0.2) is 0 Å². The molecule has 0 fully saturated rings. The second-order valence-corrected chi connectivity index (χ2v) is 10.9. The minimum atomic E-state index is -1.03. The topological polar surface area (TPSA) is 95.1 Å². The van der Waals surface area contributed by atoms with Gasteiger partial charge in [-0.1, -0.05) is 30.3 Å². The fraction of sp³-hybridized carbons (Fsp3) is 0.200. The lowest BCUT2D eigenvalue weighted by molar-refractivity contribution is 0.0697. The second kappa shape index (κ2) is 12.3. The first-order chi connectivity index (χ1) is 21.7. The first kappa shape index (κ1) is 29.7. The lowest BCUT2D eigenvalue weighted by atomic mass is 10.1. The number of halogens is 2.